The summed E-state index contributed by atoms with van der Waals surface area (Å²) in [4.78, 5) is 24.6. The molecule has 0 amide bonds. The van der Waals surface area contributed by atoms with Crippen LogP contribution in [0.3, 0.4) is 0 Å². The summed E-state index contributed by atoms with van der Waals surface area (Å²) in [5, 5.41) is 0. The van der Waals surface area contributed by atoms with Gasteiger partial charge < -0.3 is 9.47 Å². The van der Waals surface area contributed by atoms with E-state index in [9.17, 15) is 44.3 Å². The van der Waals surface area contributed by atoms with E-state index < -0.39 is 57.2 Å². The van der Waals surface area contributed by atoms with Crippen molar-refractivity contribution in [2.24, 2.45) is 5.92 Å². The van der Waals surface area contributed by atoms with Gasteiger partial charge in [-0.3, -0.25) is 9.35 Å². The Morgan fingerprint density at radius 2 is 1.58 bits per heavy atom. The summed E-state index contributed by atoms with van der Waals surface area (Å²) < 4.78 is 120. The van der Waals surface area contributed by atoms with Crippen molar-refractivity contribution in [1.82, 2.24) is 0 Å². The second-order valence-corrected chi connectivity index (χ2v) is 9.95. The summed E-state index contributed by atoms with van der Waals surface area (Å²) in [6.07, 6.45) is -9.29. The number of hydrogen-bond acceptors (Lipinski definition) is 6. The smallest absolute Gasteiger partial charge is 0.435 e. The summed E-state index contributed by atoms with van der Waals surface area (Å²) in [7, 11) is -5.91. The minimum absolute atomic E-state index is 0.226. The molecule has 33 heavy (non-hydrogen) atoms. The van der Waals surface area contributed by atoms with E-state index in [4.69, 9.17) is 9.29 Å². The van der Waals surface area contributed by atoms with Gasteiger partial charge in [-0.25, -0.2) is 4.79 Å². The number of halogens is 7. The maximum Gasteiger partial charge on any atom is 0.438 e. The first-order valence-electron chi connectivity index (χ1n) is 9.30. The van der Waals surface area contributed by atoms with E-state index in [-0.39, 0.29) is 9.32 Å². The molecule has 1 aliphatic rings. The Morgan fingerprint density at radius 1 is 1.03 bits per heavy atom. The highest BCUT2D eigenvalue weighted by atomic mass is 127. The number of ether oxygens (including phenoxy) is 2. The number of esters is 2. The molecule has 1 aromatic carbocycles. The monoisotopic (exact) mass is 618 g/mol. The van der Waals surface area contributed by atoms with Crippen LogP contribution >= 0.6 is 22.6 Å². The lowest BCUT2D eigenvalue weighted by molar-refractivity contribution is -0.356. The van der Waals surface area contributed by atoms with Crippen molar-refractivity contribution in [1.29, 1.82) is 0 Å². The Bertz CT molecular complexity index is 987. The van der Waals surface area contributed by atoms with E-state index in [0.717, 1.165) is 37.5 Å². The van der Waals surface area contributed by atoms with Crippen LogP contribution < -0.4 is 4.74 Å². The van der Waals surface area contributed by atoms with E-state index in [0.29, 0.717) is 12.8 Å². The van der Waals surface area contributed by atoms with Crippen molar-refractivity contribution >= 4 is 44.6 Å². The summed E-state index contributed by atoms with van der Waals surface area (Å²) in [6, 6.07) is 2.62. The number of carbonyl (C=O) groups excluding carboxylic acids is 2. The molecular weight excluding hydrogens is 601 g/mol. The van der Waals surface area contributed by atoms with E-state index in [2.05, 4.69) is 4.74 Å². The Hall–Kier alpha value is -1.62. The molecule has 1 aromatic rings. The van der Waals surface area contributed by atoms with Gasteiger partial charge in [0.05, 0.1) is 15.1 Å². The van der Waals surface area contributed by atoms with Crippen LogP contribution in [0.15, 0.2) is 18.2 Å². The van der Waals surface area contributed by atoms with Crippen LogP contribution in [0.2, 0.25) is 0 Å². The topological polar surface area (TPSA) is 107 Å². The highest BCUT2D eigenvalue weighted by molar-refractivity contribution is 14.1. The Balaban J connectivity index is 2.38. The number of hydrogen-bond donors (Lipinski definition) is 1. The molecule has 0 heterocycles. The molecule has 0 saturated heterocycles. The van der Waals surface area contributed by atoms with Crippen LogP contribution in [-0.4, -0.2) is 48.6 Å². The van der Waals surface area contributed by atoms with Crippen molar-refractivity contribution < 1.29 is 58.4 Å². The van der Waals surface area contributed by atoms with Gasteiger partial charge in [0, 0.05) is 0 Å². The molecule has 0 radical (unpaired) electrons. The Labute approximate surface area is 197 Å². The van der Waals surface area contributed by atoms with Gasteiger partial charge in [-0.15, -0.1) is 0 Å². The average molecular weight is 618 g/mol. The van der Waals surface area contributed by atoms with Crippen LogP contribution in [0.25, 0.3) is 0 Å². The number of benzene rings is 1. The Morgan fingerprint density at radius 3 is 2.06 bits per heavy atom. The third-order valence-corrected chi connectivity index (χ3v) is 6.55. The highest BCUT2D eigenvalue weighted by Crippen LogP contribution is 2.47. The molecule has 7 nitrogen and oxygen atoms in total. The van der Waals surface area contributed by atoms with Gasteiger partial charge >= 0.3 is 29.9 Å². The quantitative estimate of drug-likeness (QED) is 0.162. The SMILES string of the molecule is O=C(OC(CS(=O)(=O)O)(C(F)(F)F)C(F)(F)F)c1ccc(I)c(OC(=O)C2CCCCC2)c1. The van der Waals surface area contributed by atoms with Gasteiger partial charge in [-0.1, -0.05) is 19.3 Å². The predicted molar refractivity (Wildman–Crippen MR) is 108 cm³/mol. The molecular formula is C18H17F6IO7S. The second kappa shape index (κ2) is 9.93. The van der Waals surface area contributed by atoms with E-state index in [1.165, 1.54) is 0 Å². The number of rotatable bonds is 6. The molecule has 1 N–H and O–H groups in total. The summed E-state index contributed by atoms with van der Waals surface area (Å²) in [5.74, 6) is -6.58. The van der Waals surface area contributed by atoms with Crippen LogP contribution in [0.4, 0.5) is 26.3 Å². The van der Waals surface area contributed by atoms with Crippen LogP contribution in [-0.2, 0) is 19.6 Å². The largest absolute Gasteiger partial charge is 0.438 e. The normalized spacial score (nSPS) is 16.4. The molecule has 1 saturated carbocycles. The summed E-state index contributed by atoms with van der Waals surface area (Å²) >= 11 is 1.67. The molecule has 0 atom stereocenters. The third kappa shape index (κ3) is 6.71. The van der Waals surface area contributed by atoms with E-state index in [1.54, 1.807) is 22.6 Å². The van der Waals surface area contributed by atoms with E-state index >= 15 is 0 Å². The van der Waals surface area contributed by atoms with Crippen molar-refractivity contribution in [2.45, 2.75) is 50.1 Å². The molecule has 0 unspecified atom stereocenters. The van der Waals surface area contributed by atoms with Gasteiger partial charge in [-0.2, -0.15) is 34.8 Å². The van der Waals surface area contributed by atoms with Gasteiger partial charge in [0.25, 0.3) is 10.1 Å². The van der Waals surface area contributed by atoms with Crippen LogP contribution in [0.1, 0.15) is 42.5 Å². The first-order chi connectivity index (χ1) is 15.0. The molecule has 15 heteroatoms. The zero-order valence-corrected chi connectivity index (χ0v) is 19.5. The number of alkyl halides is 6. The summed E-state index contributed by atoms with van der Waals surface area (Å²) in [6.45, 7) is 0. The second-order valence-electron chi connectivity index (χ2n) is 7.34. The first kappa shape index (κ1) is 27.6. The fourth-order valence-corrected chi connectivity index (χ4v) is 4.53. The van der Waals surface area contributed by atoms with Gasteiger partial charge in [-0.05, 0) is 53.6 Å². The van der Waals surface area contributed by atoms with Crippen LogP contribution in [0, 0.1) is 9.49 Å². The standard InChI is InChI=1S/C18H17F6IO7S/c19-17(20,21)16(18(22,23)24,9-33(28,29)30)32-15(27)11-6-7-12(25)13(8-11)31-14(26)10-4-2-1-3-5-10/h6-8,10H,1-5,9H2,(H,28,29,30). The molecule has 186 valence electrons. The molecule has 2 rings (SSSR count). The minimum atomic E-state index is -6.45. The lowest BCUT2D eigenvalue weighted by atomic mass is 9.89. The molecule has 0 bridgehead atoms. The predicted octanol–water partition coefficient (Wildman–Crippen LogP) is 4.68. The Kier molecular flexibility index (Phi) is 8.32. The zero-order chi connectivity index (χ0) is 25.2. The lowest BCUT2D eigenvalue weighted by Gasteiger charge is -2.35. The minimum Gasteiger partial charge on any atom is -0.435 e. The first-order valence-corrected chi connectivity index (χ1v) is 12.0. The van der Waals surface area contributed by atoms with Crippen molar-refractivity contribution in [3.05, 3.63) is 27.3 Å². The van der Waals surface area contributed by atoms with Crippen molar-refractivity contribution in [3.8, 4) is 5.75 Å². The fourth-order valence-electron chi connectivity index (χ4n) is 3.18. The molecule has 1 aliphatic carbocycles. The van der Waals surface area contributed by atoms with E-state index in [1.807, 2.05) is 0 Å². The number of carbonyl (C=O) groups is 2. The third-order valence-electron chi connectivity index (χ3n) is 4.88. The summed E-state index contributed by atoms with van der Waals surface area (Å²) in [5.41, 5.74) is -6.40. The average Bonchev–Trinajstić information content (AvgIpc) is 2.66. The van der Waals surface area contributed by atoms with Gasteiger partial charge in [0.1, 0.15) is 11.5 Å². The van der Waals surface area contributed by atoms with Crippen LogP contribution in [0.5, 0.6) is 5.75 Å². The zero-order valence-electron chi connectivity index (χ0n) is 16.5. The highest BCUT2D eigenvalue weighted by Gasteiger charge is 2.76. The maximum absolute atomic E-state index is 13.4. The molecule has 1 fully saturated rings. The fraction of sp³-hybridized carbons (Fsp3) is 0.556. The molecule has 0 aromatic heterocycles. The van der Waals surface area contributed by atoms with Gasteiger partial charge in [0.2, 0.25) is 0 Å². The maximum atomic E-state index is 13.4. The molecule has 0 spiro atoms. The molecule has 0 aliphatic heterocycles. The van der Waals surface area contributed by atoms with Gasteiger partial charge in [0.15, 0.2) is 0 Å². The lowest BCUT2D eigenvalue weighted by Crippen LogP contribution is -2.63. The van der Waals surface area contributed by atoms with Crippen molar-refractivity contribution in [3.63, 3.8) is 0 Å². The van der Waals surface area contributed by atoms with Crippen molar-refractivity contribution in [2.75, 3.05) is 5.75 Å².